The maximum absolute atomic E-state index is 13.2. The Labute approximate surface area is 239 Å². The molecule has 0 aliphatic rings. The summed E-state index contributed by atoms with van der Waals surface area (Å²) in [4.78, 5) is 33.1. The summed E-state index contributed by atoms with van der Waals surface area (Å²) in [5, 5.41) is 0.678. The van der Waals surface area contributed by atoms with Gasteiger partial charge in [-0.1, -0.05) is 53.5 Å². The summed E-state index contributed by atoms with van der Waals surface area (Å²) in [5.41, 5.74) is 8.93. The molecule has 4 aromatic rings. The highest BCUT2D eigenvalue weighted by atomic mass is 79.9. The molecule has 0 unspecified atom stereocenters. The summed E-state index contributed by atoms with van der Waals surface area (Å²) >= 11 is 16.7. The highest BCUT2D eigenvalue weighted by Crippen LogP contribution is 2.35. The highest BCUT2D eigenvalue weighted by molar-refractivity contribution is 9.10. The number of nitrogens with zero attached hydrogens (tertiary/aromatic N) is 4. The summed E-state index contributed by atoms with van der Waals surface area (Å²) in [6, 6.07) is 16.4. The molecule has 0 saturated carbocycles. The summed E-state index contributed by atoms with van der Waals surface area (Å²) in [6.45, 7) is 1.85. The number of carbonyl (C=O) groups is 2. The number of anilines is 1. The zero-order chi connectivity index (χ0) is 27.4. The van der Waals surface area contributed by atoms with Crippen molar-refractivity contribution in [3.8, 4) is 5.75 Å². The van der Waals surface area contributed by atoms with Gasteiger partial charge in [0.1, 0.15) is 17.8 Å². The lowest BCUT2D eigenvalue weighted by Crippen LogP contribution is -2.43. The number of halogens is 3. The van der Waals surface area contributed by atoms with Gasteiger partial charge < -0.3 is 20.3 Å². The second-order valence-corrected chi connectivity index (χ2v) is 10.1. The van der Waals surface area contributed by atoms with Gasteiger partial charge in [-0.2, -0.15) is 0 Å². The van der Waals surface area contributed by atoms with E-state index in [4.69, 9.17) is 33.7 Å². The summed E-state index contributed by atoms with van der Waals surface area (Å²) in [5.74, 6) is -0.108. The van der Waals surface area contributed by atoms with Gasteiger partial charge in [-0.15, -0.1) is 0 Å². The molecule has 0 bridgehead atoms. The Kier molecular flexibility index (Phi) is 8.94. The molecule has 0 aliphatic carbocycles. The zero-order valence-corrected chi connectivity index (χ0v) is 23.9. The molecule has 198 valence electrons. The van der Waals surface area contributed by atoms with Crippen LogP contribution in [0.15, 0.2) is 65.4 Å². The molecule has 2 aromatic heterocycles. The minimum Gasteiger partial charge on any atom is -0.485 e. The maximum atomic E-state index is 13.2. The number of hydrogen-bond donors (Lipinski definition) is 1. The number of pyridine rings is 1. The Balaban J connectivity index is 1.53. The van der Waals surface area contributed by atoms with E-state index in [1.807, 2.05) is 60.0 Å². The standard InChI is InChI=1S/C27H26BrCl2N5O3/c1-17-26(28)35-12-6-9-22(27(35)32-17)38-16-19-20(29)10-11-21(25(19)30)33(2)24(37)15-34(23(36)13-31)14-18-7-4-3-5-8-18/h3-12H,13-16,31H2,1-2H3. The van der Waals surface area contributed by atoms with Gasteiger partial charge in [0.25, 0.3) is 0 Å². The number of hydrogen-bond acceptors (Lipinski definition) is 5. The molecule has 0 radical (unpaired) electrons. The smallest absolute Gasteiger partial charge is 0.246 e. The van der Waals surface area contributed by atoms with Gasteiger partial charge in [-0.05, 0) is 52.7 Å². The topological polar surface area (TPSA) is 93.2 Å². The predicted octanol–water partition coefficient (Wildman–Crippen LogP) is 5.24. The number of aromatic nitrogens is 2. The van der Waals surface area contributed by atoms with E-state index < -0.39 is 0 Å². The van der Waals surface area contributed by atoms with E-state index in [1.54, 1.807) is 19.2 Å². The van der Waals surface area contributed by atoms with E-state index in [-0.39, 0.29) is 43.1 Å². The molecule has 0 atom stereocenters. The van der Waals surface area contributed by atoms with Gasteiger partial charge >= 0.3 is 0 Å². The van der Waals surface area contributed by atoms with Crippen molar-refractivity contribution < 1.29 is 14.3 Å². The maximum Gasteiger partial charge on any atom is 0.246 e. The molecule has 4 rings (SSSR count). The number of aryl methyl sites for hydroxylation is 1. The van der Waals surface area contributed by atoms with Crippen molar-refractivity contribution >= 4 is 62.3 Å². The molecule has 2 aromatic carbocycles. The lowest BCUT2D eigenvalue weighted by molar-refractivity contribution is -0.134. The second kappa shape index (κ2) is 12.2. The van der Waals surface area contributed by atoms with Gasteiger partial charge in [0.05, 0.1) is 22.9 Å². The first kappa shape index (κ1) is 27.9. The fourth-order valence-electron chi connectivity index (χ4n) is 3.94. The van der Waals surface area contributed by atoms with E-state index in [9.17, 15) is 9.59 Å². The minimum atomic E-state index is -0.332. The number of benzene rings is 2. The molecule has 2 amide bonds. The van der Waals surface area contributed by atoms with Gasteiger partial charge in [-0.25, -0.2) is 4.98 Å². The molecule has 2 N–H and O–H groups in total. The van der Waals surface area contributed by atoms with Crippen molar-refractivity contribution in [3.63, 3.8) is 0 Å². The molecular weight excluding hydrogens is 593 g/mol. The van der Waals surface area contributed by atoms with E-state index in [0.717, 1.165) is 15.9 Å². The number of rotatable bonds is 9. The average molecular weight is 619 g/mol. The number of likely N-dealkylation sites (N-methyl/N-ethyl adjacent to an activating group) is 1. The number of ether oxygens (including phenoxy) is 1. The third-order valence-electron chi connectivity index (χ3n) is 6.06. The van der Waals surface area contributed by atoms with E-state index in [2.05, 4.69) is 20.9 Å². The normalized spacial score (nSPS) is 11.0. The third kappa shape index (κ3) is 5.96. The zero-order valence-electron chi connectivity index (χ0n) is 20.8. The predicted molar refractivity (Wildman–Crippen MR) is 153 cm³/mol. The number of carbonyl (C=O) groups excluding carboxylic acids is 2. The van der Waals surface area contributed by atoms with Gasteiger partial charge in [-0.3, -0.25) is 14.0 Å². The molecule has 0 spiro atoms. The number of imidazole rings is 1. The molecule has 8 nitrogen and oxygen atoms in total. The molecule has 0 fully saturated rings. The summed E-state index contributed by atoms with van der Waals surface area (Å²) < 4.78 is 8.78. The van der Waals surface area contributed by atoms with Crippen LogP contribution in [0.3, 0.4) is 0 Å². The summed E-state index contributed by atoms with van der Waals surface area (Å²) in [6.07, 6.45) is 1.88. The van der Waals surface area contributed by atoms with Crippen LogP contribution in [-0.4, -0.2) is 46.2 Å². The Morgan fingerprint density at radius 1 is 1.08 bits per heavy atom. The lowest BCUT2D eigenvalue weighted by Gasteiger charge is -2.26. The second-order valence-electron chi connectivity index (χ2n) is 8.59. The number of amides is 2. The van der Waals surface area contributed by atoms with Crippen LogP contribution in [0.4, 0.5) is 5.69 Å². The van der Waals surface area contributed by atoms with Crippen molar-refractivity contribution in [1.29, 1.82) is 0 Å². The molecule has 0 saturated heterocycles. The first-order valence-electron chi connectivity index (χ1n) is 11.7. The molecule has 11 heteroatoms. The number of nitrogens with two attached hydrogens (primary N) is 1. The van der Waals surface area contributed by atoms with Crippen molar-refractivity contribution in [3.05, 3.63) is 92.3 Å². The molecular formula is C27H26BrCl2N5O3. The van der Waals surface area contributed by atoms with Crippen LogP contribution in [0.2, 0.25) is 10.0 Å². The average Bonchev–Trinajstić information content (AvgIpc) is 3.21. The van der Waals surface area contributed by atoms with Crippen LogP contribution in [0.25, 0.3) is 5.65 Å². The largest absolute Gasteiger partial charge is 0.485 e. The van der Waals surface area contributed by atoms with Crippen molar-refractivity contribution in [2.75, 3.05) is 25.0 Å². The van der Waals surface area contributed by atoms with Crippen molar-refractivity contribution in [2.24, 2.45) is 5.73 Å². The fourth-order valence-corrected chi connectivity index (χ4v) is 4.92. The first-order valence-corrected chi connectivity index (χ1v) is 13.3. The monoisotopic (exact) mass is 617 g/mol. The lowest BCUT2D eigenvalue weighted by atomic mass is 10.2. The quantitative estimate of drug-likeness (QED) is 0.277. The van der Waals surface area contributed by atoms with Gasteiger partial charge in [0, 0.05) is 30.4 Å². The Morgan fingerprint density at radius 3 is 2.53 bits per heavy atom. The van der Waals surface area contributed by atoms with Crippen LogP contribution in [0.5, 0.6) is 5.75 Å². The highest BCUT2D eigenvalue weighted by Gasteiger charge is 2.23. The van der Waals surface area contributed by atoms with Gasteiger partial charge in [0.2, 0.25) is 11.8 Å². The van der Waals surface area contributed by atoms with E-state index in [1.165, 1.54) is 9.80 Å². The van der Waals surface area contributed by atoms with Crippen LogP contribution in [-0.2, 0) is 22.7 Å². The Bertz CT molecular complexity index is 1480. The van der Waals surface area contributed by atoms with E-state index >= 15 is 0 Å². The van der Waals surface area contributed by atoms with Gasteiger partial charge in [0.15, 0.2) is 11.4 Å². The summed E-state index contributed by atoms with van der Waals surface area (Å²) in [7, 11) is 1.60. The van der Waals surface area contributed by atoms with Crippen LogP contribution in [0, 0.1) is 6.92 Å². The number of fused-ring (bicyclic) bond motifs is 1. The molecule has 38 heavy (non-hydrogen) atoms. The molecule has 0 aliphatic heterocycles. The van der Waals surface area contributed by atoms with Crippen LogP contribution in [0.1, 0.15) is 16.8 Å². The minimum absolute atomic E-state index is 0.0581. The van der Waals surface area contributed by atoms with E-state index in [0.29, 0.717) is 27.7 Å². The SMILES string of the molecule is Cc1nc2c(OCc3c(Cl)ccc(N(C)C(=O)CN(Cc4ccccc4)C(=O)CN)c3Cl)cccn2c1Br. The first-order chi connectivity index (χ1) is 18.2. The fraction of sp³-hybridized carbons (Fsp3) is 0.222. The van der Waals surface area contributed by atoms with Crippen LogP contribution < -0.4 is 15.4 Å². The third-order valence-corrected chi connectivity index (χ3v) is 7.79. The Hall–Kier alpha value is -3.11. The molecule has 2 heterocycles. The van der Waals surface area contributed by atoms with Crippen molar-refractivity contribution in [1.82, 2.24) is 14.3 Å². The van der Waals surface area contributed by atoms with Crippen LogP contribution >= 0.6 is 39.1 Å². The Morgan fingerprint density at radius 2 is 1.82 bits per heavy atom. The van der Waals surface area contributed by atoms with Crippen molar-refractivity contribution in [2.45, 2.75) is 20.1 Å².